The molecule has 0 aromatic heterocycles. The molecule has 0 spiro atoms. The fourth-order valence-corrected chi connectivity index (χ4v) is 2.53. The SMILES string of the molecule is CCC1OC(OCC(=O)NCC(=O)O)C(C)C(C)C1C. The van der Waals surface area contributed by atoms with Gasteiger partial charge in [0.05, 0.1) is 6.10 Å². The van der Waals surface area contributed by atoms with Crippen LogP contribution >= 0.6 is 0 Å². The number of carbonyl (C=O) groups excluding carboxylic acids is 1. The van der Waals surface area contributed by atoms with Crippen LogP contribution in [0.4, 0.5) is 0 Å². The van der Waals surface area contributed by atoms with Crippen LogP contribution in [0.25, 0.3) is 0 Å². The molecule has 1 heterocycles. The van der Waals surface area contributed by atoms with Crippen molar-refractivity contribution >= 4 is 11.9 Å². The first-order valence-electron chi connectivity index (χ1n) is 7.12. The molecule has 0 aromatic rings. The normalized spacial score (nSPS) is 33.7. The Bertz CT molecular complexity index is 344. The number of aliphatic carboxylic acids is 1. The Kier molecular flexibility index (Phi) is 6.42. The lowest BCUT2D eigenvalue weighted by Crippen LogP contribution is -2.46. The van der Waals surface area contributed by atoms with E-state index in [2.05, 4.69) is 26.1 Å². The highest BCUT2D eigenvalue weighted by Gasteiger charge is 2.38. The maximum atomic E-state index is 11.4. The minimum atomic E-state index is -1.07. The number of hydrogen-bond acceptors (Lipinski definition) is 4. The average Bonchev–Trinajstić information content (AvgIpc) is 2.42. The van der Waals surface area contributed by atoms with Gasteiger partial charge in [-0.3, -0.25) is 9.59 Å². The monoisotopic (exact) mass is 287 g/mol. The molecule has 2 N–H and O–H groups in total. The third-order valence-corrected chi connectivity index (χ3v) is 4.20. The fourth-order valence-electron chi connectivity index (χ4n) is 2.53. The van der Waals surface area contributed by atoms with Gasteiger partial charge < -0.3 is 19.9 Å². The molecule has 0 saturated carbocycles. The van der Waals surface area contributed by atoms with Gasteiger partial charge in [-0.2, -0.15) is 0 Å². The van der Waals surface area contributed by atoms with E-state index in [0.29, 0.717) is 11.8 Å². The summed E-state index contributed by atoms with van der Waals surface area (Å²) < 4.78 is 11.4. The van der Waals surface area contributed by atoms with Crippen LogP contribution in [0, 0.1) is 17.8 Å². The Hall–Kier alpha value is -1.14. The second-order valence-corrected chi connectivity index (χ2v) is 5.51. The predicted molar refractivity (Wildman–Crippen MR) is 73.0 cm³/mol. The van der Waals surface area contributed by atoms with Crippen LogP contribution < -0.4 is 5.32 Å². The molecule has 1 amide bonds. The summed E-state index contributed by atoms with van der Waals surface area (Å²) in [4.78, 5) is 21.8. The molecule has 0 aromatic carbocycles. The first-order chi connectivity index (χ1) is 9.36. The lowest BCUT2D eigenvalue weighted by molar-refractivity contribution is -0.246. The Morgan fingerprint density at radius 1 is 1.20 bits per heavy atom. The zero-order chi connectivity index (χ0) is 15.3. The zero-order valence-corrected chi connectivity index (χ0v) is 12.6. The van der Waals surface area contributed by atoms with E-state index < -0.39 is 24.7 Å². The summed E-state index contributed by atoms with van der Waals surface area (Å²) in [6.07, 6.45) is 0.624. The van der Waals surface area contributed by atoms with E-state index in [0.717, 1.165) is 6.42 Å². The smallest absolute Gasteiger partial charge is 0.322 e. The lowest BCUT2D eigenvalue weighted by atomic mass is 9.78. The first kappa shape index (κ1) is 16.9. The summed E-state index contributed by atoms with van der Waals surface area (Å²) in [5.74, 6) is -0.423. The largest absolute Gasteiger partial charge is 0.480 e. The van der Waals surface area contributed by atoms with Crippen molar-refractivity contribution in [3.8, 4) is 0 Å². The van der Waals surface area contributed by atoms with E-state index in [-0.39, 0.29) is 18.6 Å². The quantitative estimate of drug-likeness (QED) is 0.768. The van der Waals surface area contributed by atoms with Gasteiger partial charge in [0, 0.05) is 5.92 Å². The van der Waals surface area contributed by atoms with Crippen molar-refractivity contribution in [3.05, 3.63) is 0 Å². The number of rotatable bonds is 6. The second kappa shape index (κ2) is 7.59. The van der Waals surface area contributed by atoms with E-state index >= 15 is 0 Å². The number of ether oxygens (including phenoxy) is 2. The summed E-state index contributed by atoms with van der Waals surface area (Å²) in [6, 6.07) is 0. The first-order valence-corrected chi connectivity index (χ1v) is 7.12. The van der Waals surface area contributed by atoms with Crippen LogP contribution in [0.3, 0.4) is 0 Å². The third-order valence-electron chi connectivity index (χ3n) is 4.20. The summed E-state index contributed by atoms with van der Waals surface area (Å²) in [6.45, 7) is 7.88. The van der Waals surface area contributed by atoms with Gasteiger partial charge in [-0.15, -0.1) is 0 Å². The Morgan fingerprint density at radius 2 is 1.85 bits per heavy atom. The molecule has 0 bridgehead atoms. The molecule has 5 unspecified atom stereocenters. The number of carboxylic acid groups (broad SMARTS) is 1. The van der Waals surface area contributed by atoms with Crippen molar-refractivity contribution < 1.29 is 24.2 Å². The molecular formula is C14H25NO5. The topological polar surface area (TPSA) is 84.9 Å². The van der Waals surface area contributed by atoms with E-state index in [1.807, 2.05) is 6.92 Å². The van der Waals surface area contributed by atoms with E-state index in [9.17, 15) is 9.59 Å². The van der Waals surface area contributed by atoms with Crippen molar-refractivity contribution in [2.45, 2.75) is 46.5 Å². The molecule has 6 heteroatoms. The van der Waals surface area contributed by atoms with E-state index in [1.54, 1.807) is 0 Å². The highest BCUT2D eigenvalue weighted by molar-refractivity contribution is 5.81. The summed E-state index contributed by atoms with van der Waals surface area (Å²) in [5.41, 5.74) is 0. The number of amides is 1. The predicted octanol–water partition coefficient (Wildman–Crippen LogP) is 1.25. The molecule has 1 rings (SSSR count). The Balaban J connectivity index is 2.46. The van der Waals surface area contributed by atoms with Gasteiger partial charge in [0.2, 0.25) is 5.91 Å². The van der Waals surface area contributed by atoms with Crippen LogP contribution in [0.1, 0.15) is 34.1 Å². The molecule has 1 saturated heterocycles. The van der Waals surface area contributed by atoms with Gasteiger partial charge in [-0.05, 0) is 18.3 Å². The number of hydrogen-bond donors (Lipinski definition) is 2. The molecule has 20 heavy (non-hydrogen) atoms. The molecule has 1 aliphatic heterocycles. The van der Waals surface area contributed by atoms with Crippen LogP contribution in [0.2, 0.25) is 0 Å². The molecular weight excluding hydrogens is 262 g/mol. The second-order valence-electron chi connectivity index (χ2n) is 5.51. The molecule has 0 radical (unpaired) electrons. The molecule has 6 nitrogen and oxygen atoms in total. The van der Waals surface area contributed by atoms with Gasteiger partial charge in [-0.25, -0.2) is 0 Å². The van der Waals surface area contributed by atoms with Crippen LogP contribution in [-0.2, 0) is 19.1 Å². The van der Waals surface area contributed by atoms with Crippen molar-refractivity contribution in [2.75, 3.05) is 13.2 Å². The third kappa shape index (κ3) is 4.45. The van der Waals surface area contributed by atoms with Crippen molar-refractivity contribution in [3.63, 3.8) is 0 Å². The molecule has 0 aliphatic carbocycles. The highest BCUT2D eigenvalue weighted by Crippen LogP contribution is 2.36. The standard InChI is InChI=1S/C14H25NO5/c1-5-11-9(3)8(2)10(4)14(20-11)19-7-12(16)15-6-13(17)18/h8-11,14H,5-7H2,1-4H3,(H,15,16)(H,17,18). The highest BCUT2D eigenvalue weighted by atomic mass is 16.7. The van der Waals surface area contributed by atoms with E-state index in [4.69, 9.17) is 14.6 Å². The minimum absolute atomic E-state index is 0.133. The fraction of sp³-hybridized carbons (Fsp3) is 0.857. The summed E-state index contributed by atoms with van der Waals surface area (Å²) >= 11 is 0. The summed E-state index contributed by atoms with van der Waals surface area (Å²) in [7, 11) is 0. The van der Waals surface area contributed by atoms with Crippen LogP contribution in [0.15, 0.2) is 0 Å². The maximum absolute atomic E-state index is 11.4. The lowest BCUT2D eigenvalue weighted by Gasteiger charge is -2.43. The van der Waals surface area contributed by atoms with Gasteiger partial charge in [0.15, 0.2) is 6.29 Å². The van der Waals surface area contributed by atoms with Crippen LogP contribution in [0.5, 0.6) is 0 Å². The molecule has 116 valence electrons. The minimum Gasteiger partial charge on any atom is -0.480 e. The number of carbonyl (C=O) groups is 2. The molecule has 1 aliphatic rings. The Morgan fingerprint density at radius 3 is 2.40 bits per heavy atom. The van der Waals surface area contributed by atoms with Crippen molar-refractivity contribution in [2.24, 2.45) is 17.8 Å². The molecule has 1 fully saturated rings. The molecule has 5 atom stereocenters. The zero-order valence-electron chi connectivity index (χ0n) is 12.6. The van der Waals surface area contributed by atoms with Gasteiger partial charge in [0.1, 0.15) is 13.2 Å². The number of nitrogens with one attached hydrogen (secondary N) is 1. The van der Waals surface area contributed by atoms with E-state index in [1.165, 1.54) is 0 Å². The average molecular weight is 287 g/mol. The van der Waals surface area contributed by atoms with Gasteiger partial charge in [0.25, 0.3) is 0 Å². The van der Waals surface area contributed by atoms with Gasteiger partial charge >= 0.3 is 5.97 Å². The maximum Gasteiger partial charge on any atom is 0.322 e. The van der Waals surface area contributed by atoms with Crippen LogP contribution in [-0.4, -0.2) is 42.5 Å². The van der Waals surface area contributed by atoms with Crippen molar-refractivity contribution in [1.29, 1.82) is 0 Å². The van der Waals surface area contributed by atoms with Gasteiger partial charge in [-0.1, -0.05) is 27.7 Å². The number of carboxylic acids is 1. The summed E-state index contributed by atoms with van der Waals surface area (Å²) in [5, 5.41) is 10.7. The Labute approximate surface area is 119 Å². The van der Waals surface area contributed by atoms with Crippen molar-refractivity contribution in [1.82, 2.24) is 5.32 Å².